The zero-order chi connectivity index (χ0) is 14.0. The first-order chi connectivity index (χ1) is 9.07. The Hall–Kier alpha value is -0.740. The first-order valence-electron chi connectivity index (χ1n) is 6.76. The van der Waals surface area contributed by atoms with Gasteiger partial charge in [-0.3, -0.25) is 0 Å². The Bertz CT molecular complexity index is 468. The van der Waals surface area contributed by atoms with Gasteiger partial charge in [0.1, 0.15) is 0 Å². The van der Waals surface area contributed by atoms with Crippen molar-refractivity contribution in [2.45, 2.75) is 38.6 Å². The third-order valence-electron chi connectivity index (χ3n) is 3.99. The van der Waals surface area contributed by atoms with Gasteiger partial charge < -0.3 is 14.8 Å². The van der Waals surface area contributed by atoms with Gasteiger partial charge >= 0.3 is 0 Å². The zero-order valence-corrected chi connectivity index (χ0v) is 13.7. The van der Waals surface area contributed by atoms with Gasteiger partial charge in [0.2, 0.25) is 0 Å². The number of benzene rings is 1. The summed E-state index contributed by atoms with van der Waals surface area (Å²) in [5.74, 6) is 1.65. The molecule has 1 heterocycles. The van der Waals surface area contributed by atoms with Crippen LogP contribution in [0.2, 0.25) is 0 Å². The van der Waals surface area contributed by atoms with Crippen LogP contribution in [0.15, 0.2) is 10.5 Å². The van der Waals surface area contributed by atoms with Gasteiger partial charge in [0.05, 0.1) is 14.2 Å². The minimum Gasteiger partial charge on any atom is -0.493 e. The lowest BCUT2D eigenvalue weighted by Gasteiger charge is -2.30. The van der Waals surface area contributed by atoms with Gasteiger partial charge in [-0.05, 0) is 44.4 Å². The molecule has 1 aromatic carbocycles. The summed E-state index contributed by atoms with van der Waals surface area (Å²) in [5, 5.41) is 3.63. The highest BCUT2D eigenvalue weighted by atomic mass is 79.9. The second kappa shape index (κ2) is 5.71. The van der Waals surface area contributed by atoms with Crippen molar-refractivity contribution in [3.63, 3.8) is 0 Å². The van der Waals surface area contributed by atoms with Crippen LogP contribution >= 0.6 is 15.9 Å². The maximum absolute atomic E-state index is 5.58. The van der Waals surface area contributed by atoms with E-state index in [-0.39, 0.29) is 5.54 Å². The molecule has 1 aliphatic rings. The van der Waals surface area contributed by atoms with Gasteiger partial charge in [-0.2, -0.15) is 0 Å². The fraction of sp³-hybridized carbons (Fsp3) is 0.600. The zero-order valence-electron chi connectivity index (χ0n) is 12.1. The lowest BCUT2D eigenvalue weighted by molar-refractivity contribution is 0.346. The van der Waals surface area contributed by atoms with E-state index in [1.165, 1.54) is 17.5 Å². The van der Waals surface area contributed by atoms with Gasteiger partial charge in [0.25, 0.3) is 0 Å². The molecule has 106 valence electrons. The van der Waals surface area contributed by atoms with E-state index in [0.717, 1.165) is 35.4 Å². The van der Waals surface area contributed by atoms with Gasteiger partial charge in [-0.1, -0.05) is 22.9 Å². The molecule has 1 N–H and O–H groups in total. The highest BCUT2D eigenvalue weighted by molar-refractivity contribution is 9.10. The van der Waals surface area contributed by atoms with E-state index in [1.54, 1.807) is 14.2 Å². The lowest BCUT2D eigenvalue weighted by Crippen LogP contribution is -2.34. The third kappa shape index (κ3) is 2.48. The smallest absolute Gasteiger partial charge is 0.164 e. The monoisotopic (exact) mass is 327 g/mol. The summed E-state index contributed by atoms with van der Waals surface area (Å²) in [6, 6.07) is 2.01. The molecule has 0 aromatic heterocycles. The first-order valence-corrected chi connectivity index (χ1v) is 7.55. The number of methoxy groups -OCH3 is 2. The van der Waals surface area contributed by atoms with Gasteiger partial charge in [0.15, 0.2) is 11.5 Å². The average molecular weight is 328 g/mol. The van der Waals surface area contributed by atoms with E-state index in [0.29, 0.717) is 0 Å². The predicted molar refractivity (Wildman–Crippen MR) is 81.2 cm³/mol. The average Bonchev–Trinajstić information content (AvgIpc) is 2.84. The van der Waals surface area contributed by atoms with Crippen molar-refractivity contribution in [2.75, 3.05) is 20.8 Å². The van der Waals surface area contributed by atoms with Gasteiger partial charge in [-0.25, -0.2) is 0 Å². The highest BCUT2D eigenvalue weighted by Crippen LogP contribution is 2.45. The molecule has 0 saturated carbocycles. The molecule has 0 aliphatic carbocycles. The fourth-order valence-electron chi connectivity index (χ4n) is 3.08. The maximum atomic E-state index is 5.58. The second-order valence-corrected chi connectivity index (χ2v) is 6.02. The van der Waals surface area contributed by atoms with Crippen LogP contribution in [0.4, 0.5) is 0 Å². The molecule has 1 aliphatic heterocycles. The highest BCUT2D eigenvalue weighted by Gasteiger charge is 2.35. The summed E-state index contributed by atoms with van der Waals surface area (Å²) in [6.45, 7) is 5.50. The van der Waals surface area contributed by atoms with Crippen LogP contribution in [-0.4, -0.2) is 20.8 Å². The van der Waals surface area contributed by atoms with E-state index in [2.05, 4.69) is 35.1 Å². The number of nitrogens with one attached hydrogen (secondary N) is 1. The molecule has 19 heavy (non-hydrogen) atoms. The molecular formula is C15H22BrNO2. The largest absolute Gasteiger partial charge is 0.493 e. The maximum Gasteiger partial charge on any atom is 0.164 e. The summed E-state index contributed by atoms with van der Waals surface area (Å²) in [4.78, 5) is 0. The van der Waals surface area contributed by atoms with E-state index < -0.39 is 0 Å². The Morgan fingerprint density at radius 1 is 1.37 bits per heavy atom. The van der Waals surface area contributed by atoms with Crippen molar-refractivity contribution in [1.29, 1.82) is 0 Å². The molecule has 2 rings (SSSR count). The van der Waals surface area contributed by atoms with E-state index in [4.69, 9.17) is 9.47 Å². The van der Waals surface area contributed by atoms with E-state index >= 15 is 0 Å². The van der Waals surface area contributed by atoms with Gasteiger partial charge in [-0.15, -0.1) is 0 Å². The molecule has 4 heteroatoms. The molecule has 0 spiro atoms. The molecular weight excluding hydrogens is 306 g/mol. The summed E-state index contributed by atoms with van der Waals surface area (Å²) in [5.41, 5.74) is 2.56. The number of halogens is 1. The number of rotatable bonds is 4. The van der Waals surface area contributed by atoms with E-state index in [1.807, 2.05) is 6.07 Å². The summed E-state index contributed by atoms with van der Waals surface area (Å²) in [7, 11) is 3.39. The van der Waals surface area contributed by atoms with Crippen molar-refractivity contribution in [1.82, 2.24) is 5.32 Å². The second-order valence-electron chi connectivity index (χ2n) is 5.16. The predicted octanol–water partition coefficient (Wildman–Crippen LogP) is 3.63. The standard InChI is InChI=1S/C15H22BrNO2/c1-5-10-13(15(2)7-6-8-17-15)11(16)9-12(18-3)14(10)19-4/h9,17H,5-8H2,1-4H3. The Labute approximate surface area is 123 Å². The fourth-order valence-corrected chi connectivity index (χ4v) is 3.96. The molecule has 1 fully saturated rings. The van der Waals surface area contributed by atoms with Crippen molar-refractivity contribution in [2.24, 2.45) is 0 Å². The molecule has 1 unspecified atom stereocenters. The minimum atomic E-state index is 0.0176. The van der Waals surface area contributed by atoms with Crippen molar-refractivity contribution in [3.8, 4) is 11.5 Å². The number of hydrogen-bond donors (Lipinski definition) is 1. The Kier molecular flexibility index (Phi) is 4.41. The Balaban J connectivity index is 2.65. The molecule has 1 aromatic rings. The normalized spacial score (nSPS) is 22.6. The Morgan fingerprint density at radius 2 is 2.11 bits per heavy atom. The number of hydrogen-bond acceptors (Lipinski definition) is 3. The Morgan fingerprint density at radius 3 is 2.58 bits per heavy atom. The summed E-state index contributed by atoms with van der Waals surface area (Å²) < 4.78 is 12.1. The van der Waals surface area contributed by atoms with Crippen molar-refractivity contribution < 1.29 is 9.47 Å². The van der Waals surface area contributed by atoms with Gasteiger partial charge in [0, 0.05) is 15.6 Å². The van der Waals surface area contributed by atoms with Crippen LogP contribution in [0.3, 0.4) is 0 Å². The molecule has 0 amide bonds. The van der Waals surface area contributed by atoms with Crippen LogP contribution in [0.1, 0.15) is 37.8 Å². The van der Waals surface area contributed by atoms with Crippen LogP contribution in [0.5, 0.6) is 11.5 Å². The molecule has 0 radical (unpaired) electrons. The van der Waals surface area contributed by atoms with Crippen LogP contribution in [0, 0.1) is 0 Å². The van der Waals surface area contributed by atoms with E-state index in [9.17, 15) is 0 Å². The molecule has 3 nitrogen and oxygen atoms in total. The SMILES string of the molecule is CCc1c(OC)c(OC)cc(Br)c1C1(C)CCCN1. The summed E-state index contributed by atoms with van der Waals surface area (Å²) in [6.07, 6.45) is 3.28. The van der Waals surface area contributed by atoms with Crippen LogP contribution in [0.25, 0.3) is 0 Å². The van der Waals surface area contributed by atoms with Crippen molar-refractivity contribution >= 4 is 15.9 Å². The summed E-state index contributed by atoms with van der Waals surface area (Å²) >= 11 is 3.71. The lowest BCUT2D eigenvalue weighted by atomic mass is 9.85. The third-order valence-corrected chi connectivity index (χ3v) is 4.62. The van der Waals surface area contributed by atoms with Crippen LogP contribution in [-0.2, 0) is 12.0 Å². The molecule has 0 bridgehead atoms. The first kappa shape index (κ1) is 14.7. The molecule has 1 saturated heterocycles. The molecule has 1 atom stereocenters. The van der Waals surface area contributed by atoms with Crippen molar-refractivity contribution in [3.05, 3.63) is 21.7 Å². The van der Waals surface area contributed by atoms with Crippen LogP contribution < -0.4 is 14.8 Å². The quantitative estimate of drug-likeness (QED) is 0.916. The minimum absolute atomic E-state index is 0.0176. The topological polar surface area (TPSA) is 30.5 Å². The number of ether oxygens (including phenoxy) is 2.